The van der Waals surface area contributed by atoms with Gasteiger partial charge >= 0.3 is 0 Å². The van der Waals surface area contributed by atoms with Crippen LogP contribution in [0.5, 0.6) is 11.5 Å². The number of anilines is 1. The van der Waals surface area contributed by atoms with E-state index in [2.05, 4.69) is 5.32 Å². The summed E-state index contributed by atoms with van der Waals surface area (Å²) in [6.45, 7) is 2.43. The lowest BCUT2D eigenvalue weighted by Crippen LogP contribution is -2.13. The van der Waals surface area contributed by atoms with Gasteiger partial charge in [-0.15, -0.1) is 0 Å². The predicted octanol–water partition coefficient (Wildman–Crippen LogP) is 3.16. The normalized spacial score (nSPS) is 11.8. The molecule has 21 heavy (non-hydrogen) atoms. The molecule has 0 radical (unpaired) electrons. The Morgan fingerprint density at radius 2 is 1.90 bits per heavy atom. The third kappa shape index (κ3) is 3.89. The zero-order valence-corrected chi connectivity index (χ0v) is 12.6. The molecule has 0 saturated heterocycles. The van der Waals surface area contributed by atoms with Gasteiger partial charge in [0.25, 0.3) is 0 Å². The minimum atomic E-state index is -0.685. The largest absolute Gasteiger partial charge is 0.497 e. The van der Waals surface area contributed by atoms with E-state index in [1.807, 2.05) is 37.3 Å². The molecule has 0 aromatic heterocycles. The van der Waals surface area contributed by atoms with Crippen LogP contribution < -0.4 is 14.8 Å². The molecule has 0 amide bonds. The monoisotopic (exact) mass is 287 g/mol. The second-order valence-electron chi connectivity index (χ2n) is 4.87. The summed E-state index contributed by atoms with van der Waals surface area (Å²) >= 11 is 0. The maximum Gasteiger partial charge on any atom is 0.124 e. The molecule has 0 aliphatic heterocycles. The van der Waals surface area contributed by atoms with E-state index in [0.717, 1.165) is 5.69 Å². The van der Waals surface area contributed by atoms with Crippen molar-refractivity contribution in [2.24, 2.45) is 0 Å². The van der Waals surface area contributed by atoms with Gasteiger partial charge in [-0.25, -0.2) is 0 Å². The van der Waals surface area contributed by atoms with E-state index in [4.69, 9.17) is 9.47 Å². The van der Waals surface area contributed by atoms with Gasteiger partial charge in [0.2, 0.25) is 0 Å². The second kappa shape index (κ2) is 6.99. The smallest absolute Gasteiger partial charge is 0.124 e. The van der Waals surface area contributed by atoms with Gasteiger partial charge in [0.15, 0.2) is 0 Å². The summed E-state index contributed by atoms with van der Waals surface area (Å²) in [6.07, 6.45) is -0.685. The van der Waals surface area contributed by atoms with Crippen molar-refractivity contribution in [1.29, 1.82) is 0 Å². The van der Waals surface area contributed by atoms with E-state index >= 15 is 0 Å². The molecule has 2 N–H and O–H groups in total. The summed E-state index contributed by atoms with van der Waals surface area (Å²) < 4.78 is 10.5. The summed E-state index contributed by atoms with van der Waals surface area (Å²) in [5, 5.41) is 13.6. The van der Waals surface area contributed by atoms with Crippen LogP contribution in [0.15, 0.2) is 42.5 Å². The highest BCUT2D eigenvalue weighted by atomic mass is 16.5. The van der Waals surface area contributed by atoms with Crippen LogP contribution >= 0.6 is 0 Å². The first kappa shape index (κ1) is 15.2. The van der Waals surface area contributed by atoms with Crippen LogP contribution in [-0.4, -0.2) is 25.9 Å². The highest BCUT2D eigenvalue weighted by Crippen LogP contribution is 2.29. The van der Waals surface area contributed by atoms with Crippen LogP contribution in [0.3, 0.4) is 0 Å². The fraction of sp³-hybridized carbons (Fsp3) is 0.294. The SMILES string of the molecule is COc1ccc(OC)c(C(O)CNc2cccc(C)c2)c1. The number of nitrogens with one attached hydrogen (secondary N) is 1. The van der Waals surface area contributed by atoms with E-state index in [0.29, 0.717) is 23.6 Å². The first-order valence-corrected chi connectivity index (χ1v) is 6.84. The Balaban J connectivity index is 2.10. The fourth-order valence-corrected chi connectivity index (χ4v) is 2.18. The number of ether oxygens (including phenoxy) is 2. The first-order valence-electron chi connectivity index (χ1n) is 6.84. The van der Waals surface area contributed by atoms with E-state index in [1.54, 1.807) is 26.4 Å². The number of aliphatic hydroxyl groups excluding tert-OH is 1. The number of aryl methyl sites for hydroxylation is 1. The maximum atomic E-state index is 10.4. The number of hydrogen-bond acceptors (Lipinski definition) is 4. The van der Waals surface area contributed by atoms with Crippen molar-refractivity contribution < 1.29 is 14.6 Å². The van der Waals surface area contributed by atoms with Gasteiger partial charge in [-0.1, -0.05) is 12.1 Å². The zero-order chi connectivity index (χ0) is 15.2. The molecule has 0 spiro atoms. The Labute approximate surface area is 125 Å². The van der Waals surface area contributed by atoms with E-state index in [1.165, 1.54) is 5.56 Å². The van der Waals surface area contributed by atoms with Gasteiger partial charge in [-0.3, -0.25) is 0 Å². The second-order valence-corrected chi connectivity index (χ2v) is 4.87. The average Bonchev–Trinajstić information content (AvgIpc) is 2.52. The quantitative estimate of drug-likeness (QED) is 0.857. The molecule has 4 heteroatoms. The molecule has 0 heterocycles. The lowest BCUT2D eigenvalue weighted by molar-refractivity contribution is 0.186. The molecule has 4 nitrogen and oxygen atoms in total. The highest BCUT2D eigenvalue weighted by Gasteiger charge is 2.14. The van der Waals surface area contributed by atoms with Crippen molar-refractivity contribution in [3.63, 3.8) is 0 Å². The van der Waals surface area contributed by atoms with Gasteiger partial charge in [-0.2, -0.15) is 0 Å². The van der Waals surface area contributed by atoms with E-state index in [-0.39, 0.29) is 0 Å². The molecule has 1 atom stereocenters. The van der Waals surface area contributed by atoms with Gasteiger partial charge in [0.05, 0.1) is 20.3 Å². The van der Waals surface area contributed by atoms with E-state index in [9.17, 15) is 5.11 Å². The minimum absolute atomic E-state index is 0.396. The van der Waals surface area contributed by atoms with Crippen molar-refractivity contribution >= 4 is 5.69 Å². The molecular weight excluding hydrogens is 266 g/mol. The Morgan fingerprint density at radius 3 is 2.57 bits per heavy atom. The van der Waals surface area contributed by atoms with Crippen LogP contribution in [0, 0.1) is 6.92 Å². The van der Waals surface area contributed by atoms with Crippen molar-refractivity contribution in [3.8, 4) is 11.5 Å². The number of aliphatic hydroxyl groups is 1. The molecule has 112 valence electrons. The molecule has 2 aromatic rings. The van der Waals surface area contributed by atoms with Crippen LogP contribution in [0.1, 0.15) is 17.2 Å². The highest BCUT2D eigenvalue weighted by molar-refractivity contribution is 5.47. The molecule has 2 rings (SSSR count). The molecule has 1 unspecified atom stereocenters. The maximum absolute atomic E-state index is 10.4. The van der Waals surface area contributed by atoms with Crippen molar-refractivity contribution in [2.45, 2.75) is 13.0 Å². The Bertz CT molecular complexity index is 598. The van der Waals surface area contributed by atoms with Crippen LogP contribution in [0.2, 0.25) is 0 Å². The number of hydrogen-bond donors (Lipinski definition) is 2. The summed E-state index contributed by atoms with van der Waals surface area (Å²) in [5.41, 5.74) is 2.86. The fourth-order valence-electron chi connectivity index (χ4n) is 2.18. The first-order chi connectivity index (χ1) is 10.1. The summed E-state index contributed by atoms with van der Waals surface area (Å²) in [7, 11) is 3.19. The standard InChI is InChI=1S/C17H21NO3/c1-12-5-4-6-13(9-12)18-11-16(19)15-10-14(20-2)7-8-17(15)21-3/h4-10,16,18-19H,11H2,1-3H3. The molecule has 0 fully saturated rings. The number of methoxy groups -OCH3 is 2. The summed E-state index contributed by atoms with van der Waals surface area (Å²) in [6, 6.07) is 13.4. The predicted molar refractivity (Wildman–Crippen MR) is 84.2 cm³/mol. The number of rotatable bonds is 6. The average molecular weight is 287 g/mol. The molecule has 2 aromatic carbocycles. The third-order valence-corrected chi connectivity index (χ3v) is 3.31. The summed E-state index contributed by atoms with van der Waals surface area (Å²) in [4.78, 5) is 0. The van der Waals surface area contributed by atoms with Gasteiger partial charge in [0.1, 0.15) is 11.5 Å². The molecule has 0 aliphatic carbocycles. The van der Waals surface area contributed by atoms with Crippen molar-refractivity contribution in [1.82, 2.24) is 0 Å². The van der Waals surface area contributed by atoms with Crippen LogP contribution in [-0.2, 0) is 0 Å². The lowest BCUT2D eigenvalue weighted by Gasteiger charge is -2.17. The van der Waals surface area contributed by atoms with Crippen molar-refractivity contribution in [2.75, 3.05) is 26.1 Å². The van der Waals surface area contributed by atoms with Crippen molar-refractivity contribution in [3.05, 3.63) is 53.6 Å². The molecule has 0 bridgehead atoms. The van der Waals surface area contributed by atoms with E-state index < -0.39 is 6.10 Å². The minimum Gasteiger partial charge on any atom is -0.497 e. The van der Waals surface area contributed by atoms with Gasteiger partial charge < -0.3 is 19.9 Å². The van der Waals surface area contributed by atoms with Gasteiger partial charge in [-0.05, 0) is 42.8 Å². The molecular formula is C17H21NO3. The van der Waals surface area contributed by atoms with Crippen LogP contribution in [0.25, 0.3) is 0 Å². The Hall–Kier alpha value is -2.20. The molecule has 0 aliphatic rings. The van der Waals surface area contributed by atoms with Gasteiger partial charge in [0, 0.05) is 17.8 Å². The number of benzene rings is 2. The topological polar surface area (TPSA) is 50.7 Å². The molecule has 0 saturated carbocycles. The lowest BCUT2D eigenvalue weighted by atomic mass is 10.1. The third-order valence-electron chi connectivity index (χ3n) is 3.31. The Kier molecular flexibility index (Phi) is 5.06. The zero-order valence-electron chi connectivity index (χ0n) is 12.6. The Morgan fingerprint density at radius 1 is 1.10 bits per heavy atom. The van der Waals surface area contributed by atoms with Crippen LogP contribution in [0.4, 0.5) is 5.69 Å². The summed E-state index contributed by atoms with van der Waals surface area (Å²) in [5.74, 6) is 1.34.